The molecular formula is C10H14. The molecular weight excluding hydrogens is 120 g/mol. The molecule has 54 valence electrons. The van der Waals surface area contributed by atoms with Crippen LogP contribution in [0.3, 0.4) is 0 Å². The Labute approximate surface area is 64.0 Å². The van der Waals surface area contributed by atoms with Gasteiger partial charge in [0.05, 0.1) is 0 Å². The molecule has 0 heteroatoms. The van der Waals surface area contributed by atoms with Crippen LogP contribution >= 0.6 is 0 Å². The minimum absolute atomic E-state index is 0.381. The van der Waals surface area contributed by atoms with Crippen LogP contribution in [0.25, 0.3) is 0 Å². The number of terminal acetylenes is 1. The highest BCUT2D eigenvalue weighted by Crippen LogP contribution is 2.01. The van der Waals surface area contributed by atoms with Crippen LogP contribution in [0.1, 0.15) is 33.1 Å². The molecule has 0 aromatic carbocycles. The molecule has 10 heavy (non-hydrogen) atoms. The normalized spacial score (nSPS) is 10.9. The highest BCUT2D eigenvalue weighted by molar-refractivity contribution is 5.00. The SMILES string of the molecule is C#CC(C)CCC#CCC. The summed E-state index contributed by atoms with van der Waals surface area (Å²) in [5.41, 5.74) is 0. The molecule has 1 atom stereocenters. The minimum Gasteiger partial charge on any atom is -0.120 e. The zero-order chi connectivity index (χ0) is 7.82. The van der Waals surface area contributed by atoms with E-state index in [1.807, 2.05) is 6.92 Å². The molecule has 0 nitrogen and oxygen atoms in total. The van der Waals surface area contributed by atoms with Crippen LogP contribution in [0.5, 0.6) is 0 Å². The molecule has 0 amide bonds. The molecule has 0 aliphatic rings. The van der Waals surface area contributed by atoms with Gasteiger partial charge in [-0.25, -0.2) is 0 Å². The standard InChI is InChI=1S/C10H14/c1-4-6-7-8-9-10(3)5-2/h2,10H,4,8-9H2,1,3H3. The summed E-state index contributed by atoms with van der Waals surface area (Å²) in [5, 5.41) is 0. The van der Waals surface area contributed by atoms with E-state index in [0.717, 1.165) is 19.3 Å². The van der Waals surface area contributed by atoms with E-state index in [9.17, 15) is 0 Å². The molecule has 0 aromatic heterocycles. The van der Waals surface area contributed by atoms with E-state index in [1.165, 1.54) is 0 Å². The Bertz CT molecular complexity index is 161. The van der Waals surface area contributed by atoms with Crippen molar-refractivity contribution >= 4 is 0 Å². The highest BCUT2D eigenvalue weighted by Gasteiger charge is 1.91. The van der Waals surface area contributed by atoms with Gasteiger partial charge in [-0.05, 0) is 6.42 Å². The first-order valence-corrected chi connectivity index (χ1v) is 3.73. The largest absolute Gasteiger partial charge is 0.120 e. The molecule has 0 rings (SSSR count). The lowest BCUT2D eigenvalue weighted by Crippen LogP contribution is -1.87. The predicted octanol–water partition coefficient (Wildman–Crippen LogP) is 2.45. The van der Waals surface area contributed by atoms with Crippen LogP contribution in [-0.2, 0) is 0 Å². The lowest BCUT2D eigenvalue weighted by Gasteiger charge is -1.96. The molecule has 0 aliphatic heterocycles. The van der Waals surface area contributed by atoms with Gasteiger partial charge in [0, 0.05) is 18.8 Å². The van der Waals surface area contributed by atoms with Gasteiger partial charge in [0.1, 0.15) is 0 Å². The number of hydrogen-bond acceptors (Lipinski definition) is 0. The third-order valence-electron chi connectivity index (χ3n) is 1.29. The Morgan fingerprint density at radius 2 is 2.10 bits per heavy atom. The van der Waals surface area contributed by atoms with Crippen LogP contribution in [0.4, 0.5) is 0 Å². The summed E-state index contributed by atoms with van der Waals surface area (Å²) >= 11 is 0. The maximum atomic E-state index is 5.19. The second-order valence-corrected chi connectivity index (χ2v) is 2.31. The number of hydrogen-bond donors (Lipinski definition) is 0. The van der Waals surface area contributed by atoms with Crippen molar-refractivity contribution in [3.8, 4) is 24.2 Å². The minimum atomic E-state index is 0.381. The second-order valence-electron chi connectivity index (χ2n) is 2.31. The fourth-order valence-electron chi connectivity index (χ4n) is 0.585. The van der Waals surface area contributed by atoms with Gasteiger partial charge >= 0.3 is 0 Å². The van der Waals surface area contributed by atoms with Crippen molar-refractivity contribution in [2.75, 3.05) is 0 Å². The van der Waals surface area contributed by atoms with Crippen LogP contribution in [0, 0.1) is 30.1 Å². The fraction of sp³-hybridized carbons (Fsp3) is 0.600. The molecule has 0 spiro atoms. The van der Waals surface area contributed by atoms with E-state index in [0.29, 0.717) is 5.92 Å². The van der Waals surface area contributed by atoms with E-state index in [2.05, 4.69) is 24.7 Å². The molecule has 0 fully saturated rings. The van der Waals surface area contributed by atoms with E-state index in [-0.39, 0.29) is 0 Å². The molecule has 0 radical (unpaired) electrons. The van der Waals surface area contributed by atoms with Gasteiger partial charge in [-0.1, -0.05) is 13.8 Å². The van der Waals surface area contributed by atoms with Crippen molar-refractivity contribution in [2.45, 2.75) is 33.1 Å². The maximum absolute atomic E-state index is 5.19. The topological polar surface area (TPSA) is 0 Å². The zero-order valence-electron chi connectivity index (χ0n) is 6.78. The van der Waals surface area contributed by atoms with Gasteiger partial charge in [-0.2, -0.15) is 0 Å². The van der Waals surface area contributed by atoms with Gasteiger partial charge < -0.3 is 0 Å². The van der Waals surface area contributed by atoms with Gasteiger partial charge in [0.15, 0.2) is 0 Å². The summed E-state index contributed by atoms with van der Waals surface area (Å²) in [6.07, 6.45) is 8.11. The summed E-state index contributed by atoms with van der Waals surface area (Å²) in [6, 6.07) is 0. The first-order chi connectivity index (χ1) is 4.81. The van der Waals surface area contributed by atoms with Crippen LogP contribution < -0.4 is 0 Å². The van der Waals surface area contributed by atoms with Crippen LogP contribution in [-0.4, -0.2) is 0 Å². The Balaban J connectivity index is 3.29. The summed E-state index contributed by atoms with van der Waals surface area (Å²) in [5.74, 6) is 9.12. The van der Waals surface area contributed by atoms with Crippen molar-refractivity contribution in [1.29, 1.82) is 0 Å². The van der Waals surface area contributed by atoms with E-state index in [1.54, 1.807) is 0 Å². The Kier molecular flexibility index (Phi) is 5.69. The third-order valence-corrected chi connectivity index (χ3v) is 1.29. The second kappa shape index (κ2) is 6.24. The third kappa shape index (κ3) is 5.26. The Morgan fingerprint density at radius 3 is 2.60 bits per heavy atom. The van der Waals surface area contributed by atoms with Crippen LogP contribution in [0.2, 0.25) is 0 Å². The molecule has 0 N–H and O–H groups in total. The molecule has 1 unspecified atom stereocenters. The fourth-order valence-corrected chi connectivity index (χ4v) is 0.585. The molecule has 0 aliphatic carbocycles. The van der Waals surface area contributed by atoms with Crippen LogP contribution in [0.15, 0.2) is 0 Å². The summed E-state index contributed by atoms with van der Waals surface area (Å²) in [4.78, 5) is 0. The first-order valence-electron chi connectivity index (χ1n) is 3.73. The summed E-state index contributed by atoms with van der Waals surface area (Å²) in [7, 11) is 0. The summed E-state index contributed by atoms with van der Waals surface area (Å²) < 4.78 is 0. The van der Waals surface area contributed by atoms with E-state index in [4.69, 9.17) is 6.42 Å². The van der Waals surface area contributed by atoms with Crippen molar-refractivity contribution in [1.82, 2.24) is 0 Å². The van der Waals surface area contributed by atoms with Crippen molar-refractivity contribution in [3.63, 3.8) is 0 Å². The molecule has 0 heterocycles. The van der Waals surface area contributed by atoms with E-state index >= 15 is 0 Å². The maximum Gasteiger partial charge on any atom is 0.0181 e. The van der Waals surface area contributed by atoms with E-state index < -0.39 is 0 Å². The van der Waals surface area contributed by atoms with Gasteiger partial charge in [0.25, 0.3) is 0 Å². The molecule has 0 bridgehead atoms. The van der Waals surface area contributed by atoms with Crippen molar-refractivity contribution in [2.24, 2.45) is 5.92 Å². The van der Waals surface area contributed by atoms with Crippen molar-refractivity contribution < 1.29 is 0 Å². The molecule has 0 saturated carbocycles. The van der Waals surface area contributed by atoms with Crippen molar-refractivity contribution in [3.05, 3.63) is 0 Å². The quantitative estimate of drug-likeness (QED) is 0.509. The van der Waals surface area contributed by atoms with Gasteiger partial charge in [-0.3, -0.25) is 0 Å². The smallest absolute Gasteiger partial charge is 0.0181 e. The monoisotopic (exact) mass is 134 g/mol. The zero-order valence-corrected chi connectivity index (χ0v) is 6.78. The number of rotatable bonds is 2. The lowest BCUT2D eigenvalue weighted by molar-refractivity contribution is 0.687. The highest BCUT2D eigenvalue weighted by atomic mass is 13.9. The average molecular weight is 134 g/mol. The summed E-state index contributed by atoms with van der Waals surface area (Å²) in [6.45, 7) is 4.10. The average Bonchev–Trinajstić information content (AvgIpc) is 1.98. The Hall–Kier alpha value is -0.880. The predicted molar refractivity (Wildman–Crippen MR) is 45.3 cm³/mol. The molecule has 0 aromatic rings. The first kappa shape index (κ1) is 9.12. The van der Waals surface area contributed by atoms with Gasteiger partial charge in [-0.15, -0.1) is 24.2 Å². The van der Waals surface area contributed by atoms with Gasteiger partial charge in [0.2, 0.25) is 0 Å². The molecule has 0 saturated heterocycles. The Morgan fingerprint density at radius 1 is 1.40 bits per heavy atom. The lowest BCUT2D eigenvalue weighted by atomic mass is 10.1.